The van der Waals surface area contributed by atoms with Crippen molar-refractivity contribution in [1.82, 2.24) is 10.3 Å². The number of pyridine rings is 1. The molecule has 2 nitrogen and oxygen atoms in total. The van der Waals surface area contributed by atoms with Gasteiger partial charge in [-0.05, 0) is 37.1 Å². The number of aromatic nitrogens is 1. The van der Waals surface area contributed by atoms with E-state index in [2.05, 4.69) is 17.2 Å². The molecule has 0 saturated heterocycles. The SMILES string of the molecule is CC(N[C@@H](C)c1cccnc1)c1ccc(Cl)c(Cl)c1Cl. The van der Waals surface area contributed by atoms with Gasteiger partial charge < -0.3 is 5.32 Å². The van der Waals surface area contributed by atoms with Gasteiger partial charge in [-0.25, -0.2) is 0 Å². The molecule has 5 heteroatoms. The fraction of sp³-hybridized carbons (Fsp3) is 0.267. The normalized spacial score (nSPS) is 14.1. The van der Waals surface area contributed by atoms with Crippen molar-refractivity contribution < 1.29 is 0 Å². The van der Waals surface area contributed by atoms with Crippen molar-refractivity contribution in [1.29, 1.82) is 0 Å². The van der Waals surface area contributed by atoms with Crippen LogP contribution in [0.25, 0.3) is 0 Å². The second kappa shape index (κ2) is 6.77. The van der Waals surface area contributed by atoms with Gasteiger partial charge in [0.2, 0.25) is 0 Å². The third-order valence-electron chi connectivity index (χ3n) is 3.22. The van der Waals surface area contributed by atoms with Crippen LogP contribution in [0.5, 0.6) is 0 Å². The molecule has 1 heterocycles. The third-order valence-corrected chi connectivity index (χ3v) is 4.52. The summed E-state index contributed by atoms with van der Waals surface area (Å²) >= 11 is 18.3. The Morgan fingerprint density at radius 3 is 2.40 bits per heavy atom. The Hall–Kier alpha value is -0.800. The fourth-order valence-corrected chi connectivity index (χ4v) is 2.77. The van der Waals surface area contributed by atoms with Gasteiger partial charge in [0.15, 0.2) is 0 Å². The quantitative estimate of drug-likeness (QED) is 0.754. The van der Waals surface area contributed by atoms with Crippen LogP contribution in [0.15, 0.2) is 36.7 Å². The molecule has 1 aromatic carbocycles. The van der Waals surface area contributed by atoms with E-state index in [1.165, 1.54) is 0 Å². The van der Waals surface area contributed by atoms with Crippen LogP contribution in [0.1, 0.15) is 37.1 Å². The van der Waals surface area contributed by atoms with Crippen molar-refractivity contribution in [3.8, 4) is 0 Å². The number of halogens is 3. The van der Waals surface area contributed by atoms with Gasteiger partial charge in [0.25, 0.3) is 0 Å². The molecule has 0 aliphatic heterocycles. The summed E-state index contributed by atoms with van der Waals surface area (Å²) < 4.78 is 0. The monoisotopic (exact) mass is 328 g/mol. The highest BCUT2D eigenvalue weighted by molar-refractivity contribution is 6.48. The summed E-state index contributed by atoms with van der Waals surface area (Å²) in [5.74, 6) is 0. The molecule has 0 bridgehead atoms. The van der Waals surface area contributed by atoms with Crippen LogP contribution >= 0.6 is 34.8 Å². The zero-order chi connectivity index (χ0) is 14.7. The van der Waals surface area contributed by atoms with Crippen LogP contribution in [-0.4, -0.2) is 4.98 Å². The van der Waals surface area contributed by atoms with Gasteiger partial charge in [-0.2, -0.15) is 0 Å². The van der Waals surface area contributed by atoms with Crippen LogP contribution in [0.4, 0.5) is 0 Å². The molecule has 1 N–H and O–H groups in total. The Morgan fingerprint density at radius 1 is 1.00 bits per heavy atom. The number of nitrogens with one attached hydrogen (secondary N) is 1. The highest BCUT2D eigenvalue weighted by Crippen LogP contribution is 2.35. The van der Waals surface area contributed by atoms with E-state index >= 15 is 0 Å². The smallest absolute Gasteiger partial charge is 0.0781 e. The molecule has 2 aromatic rings. The summed E-state index contributed by atoms with van der Waals surface area (Å²) in [6.07, 6.45) is 3.61. The maximum Gasteiger partial charge on any atom is 0.0781 e. The summed E-state index contributed by atoms with van der Waals surface area (Å²) in [4.78, 5) is 4.12. The van der Waals surface area contributed by atoms with Gasteiger partial charge in [0.1, 0.15) is 0 Å². The van der Waals surface area contributed by atoms with Gasteiger partial charge in [0.05, 0.1) is 15.1 Å². The predicted molar refractivity (Wildman–Crippen MR) is 85.7 cm³/mol. The van der Waals surface area contributed by atoms with Gasteiger partial charge in [-0.3, -0.25) is 4.98 Å². The van der Waals surface area contributed by atoms with Gasteiger partial charge in [-0.15, -0.1) is 0 Å². The van der Waals surface area contributed by atoms with Crippen molar-refractivity contribution >= 4 is 34.8 Å². The van der Waals surface area contributed by atoms with Gasteiger partial charge >= 0.3 is 0 Å². The lowest BCUT2D eigenvalue weighted by Gasteiger charge is -2.22. The van der Waals surface area contributed by atoms with Crippen molar-refractivity contribution in [2.75, 3.05) is 0 Å². The van der Waals surface area contributed by atoms with E-state index in [-0.39, 0.29) is 12.1 Å². The Bertz CT molecular complexity index is 587. The molecule has 0 spiro atoms. The molecule has 0 radical (unpaired) electrons. The number of nitrogens with zero attached hydrogens (tertiary/aromatic N) is 1. The Labute approximate surface area is 134 Å². The zero-order valence-electron chi connectivity index (χ0n) is 11.2. The second-order valence-corrected chi connectivity index (χ2v) is 5.82. The maximum atomic E-state index is 6.25. The first-order valence-corrected chi connectivity index (χ1v) is 7.43. The third kappa shape index (κ3) is 3.44. The molecule has 1 unspecified atom stereocenters. The van der Waals surface area contributed by atoms with Gasteiger partial charge in [-0.1, -0.05) is 46.9 Å². The average Bonchev–Trinajstić information content (AvgIpc) is 2.45. The van der Waals surface area contributed by atoms with E-state index in [0.29, 0.717) is 15.1 Å². The number of rotatable bonds is 4. The van der Waals surface area contributed by atoms with Crippen molar-refractivity contribution in [2.24, 2.45) is 0 Å². The van der Waals surface area contributed by atoms with E-state index in [1.54, 1.807) is 12.3 Å². The fourth-order valence-electron chi connectivity index (χ4n) is 2.07. The molecule has 0 aliphatic carbocycles. The van der Waals surface area contributed by atoms with Crippen molar-refractivity contribution in [2.45, 2.75) is 25.9 Å². The highest BCUT2D eigenvalue weighted by Gasteiger charge is 2.16. The minimum Gasteiger partial charge on any atom is -0.304 e. The molecule has 0 amide bonds. The van der Waals surface area contributed by atoms with Crippen LogP contribution in [0.3, 0.4) is 0 Å². The first-order valence-electron chi connectivity index (χ1n) is 6.30. The first kappa shape index (κ1) is 15.6. The summed E-state index contributed by atoms with van der Waals surface area (Å²) in [6, 6.07) is 7.82. The van der Waals surface area contributed by atoms with Crippen molar-refractivity contribution in [3.05, 3.63) is 62.9 Å². The summed E-state index contributed by atoms with van der Waals surface area (Å²) in [5.41, 5.74) is 2.05. The minimum atomic E-state index is 0.0486. The highest BCUT2D eigenvalue weighted by atomic mass is 35.5. The van der Waals surface area contributed by atoms with E-state index in [0.717, 1.165) is 11.1 Å². The van der Waals surface area contributed by atoms with E-state index < -0.39 is 0 Å². The standard InChI is InChI=1S/C15H15Cl3N2/c1-9(11-4-3-7-19-8-11)20-10(2)12-5-6-13(16)15(18)14(12)17/h3-10,20H,1-2H3/t9-,10?/m0/s1. The summed E-state index contributed by atoms with van der Waals surface area (Å²) in [6.45, 7) is 4.12. The lowest BCUT2D eigenvalue weighted by molar-refractivity contribution is 0.494. The molecule has 2 atom stereocenters. The molecule has 0 fully saturated rings. The molecule has 1 aromatic heterocycles. The Balaban J connectivity index is 2.17. The summed E-state index contributed by atoms with van der Waals surface area (Å²) in [7, 11) is 0. The average molecular weight is 330 g/mol. The lowest BCUT2D eigenvalue weighted by atomic mass is 10.1. The number of hydrogen-bond acceptors (Lipinski definition) is 2. The topological polar surface area (TPSA) is 24.9 Å². The lowest BCUT2D eigenvalue weighted by Crippen LogP contribution is -2.22. The van der Waals surface area contributed by atoms with E-state index in [4.69, 9.17) is 34.8 Å². The summed E-state index contributed by atoms with van der Waals surface area (Å²) in [5, 5.41) is 4.83. The number of hydrogen-bond donors (Lipinski definition) is 1. The predicted octanol–water partition coefficient (Wildman–Crippen LogP) is 5.45. The first-order chi connectivity index (χ1) is 9.50. The maximum absolute atomic E-state index is 6.25. The van der Waals surface area contributed by atoms with Crippen LogP contribution in [0, 0.1) is 0 Å². The largest absolute Gasteiger partial charge is 0.304 e. The molecule has 20 heavy (non-hydrogen) atoms. The van der Waals surface area contributed by atoms with Crippen molar-refractivity contribution in [3.63, 3.8) is 0 Å². The minimum absolute atomic E-state index is 0.0486. The van der Waals surface area contributed by atoms with E-state index in [1.807, 2.05) is 31.3 Å². The molecular formula is C15H15Cl3N2. The zero-order valence-corrected chi connectivity index (χ0v) is 13.5. The van der Waals surface area contributed by atoms with E-state index in [9.17, 15) is 0 Å². The number of benzene rings is 1. The van der Waals surface area contributed by atoms with Crippen LogP contribution in [0.2, 0.25) is 15.1 Å². The van der Waals surface area contributed by atoms with Crippen LogP contribution in [-0.2, 0) is 0 Å². The van der Waals surface area contributed by atoms with Gasteiger partial charge in [0, 0.05) is 24.5 Å². The van der Waals surface area contributed by atoms with Crippen LogP contribution < -0.4 is 5.32 Å². The molecule has 106 valence electrons. The molecule has 0 saturated carbocycles. The second-order valence-electron chi connectivity index (χ2n) is 4.66. The molecular weight excluding hydrogens is 315 g/mol. The Morgan fingerprint density at radius 2 is 1.75 bits per heavy atom. The molecule has 2 rings (SSSR count). The Kier molecular flexibility index (Phi) is 5.28. The molecule has 0 aliphatic rings.